The first-order chi connectivity index (χ1) is 15.6. The molecule has 2 aliphatic carbocycles. The second-order valence-electron chi connectivity index (χ2n) is 10.4. The van der Waals surface area contributed by atoms with Gasteiger partial charge in [-0.2, -0.15) is 26.3 Å². The van der Waals surface area contributed by atoms with Gasteiger partial charge in [-0.1, -0.05) is 59.3 Å². The molecule has 0 aromatic rings. The monoisotopic (exact) mass is 498 g/mol. The highest BCUT2D eigenvalue weighted by atomic mass is 19.4. The molecule has 10 heteroatoms. The molecule has 1 amide bonds. The van der Waals surface area contributed by atoms with Crippen LogP contribution in [0.4, 0.5) is 26.3 Å². The van der Waals surface area contributed by atoms with Crippen molar-refractivity contribution < 1.29 is 35.9 Å². The van der Waals surface area contributed by atoms with Gasteiger partial charge >= 0.3 is 12.4 Å². The van der Waals surface area contributed by atoms with E-state index in [1.54, 1.807) is 13.8 Å². The van der Waals surface area contributed by atoms with Crippen molar-refractivity contribution in [3.63, 3.8) is 0 Å². The molecule has 0 bridgehead atoms. The third-order valence-corrected chi connectivity index (χ3v) is 6.80. The summed E-state index contributed by atoms with van der Waals surface area (Å²) in [5, 5.41) is 3.96. The Morgan fingerprint density at radius 1 is 1.00 bits per heavy atom. The van der Waals surface area contributed by atoms with Crippen molar-refractivity contribution in [3.8, 4) is 0 Å². The van der Waals surface area contributed by atoms with Crippen molar-refractivity contribution in [3.05, 3.63) is 11.3 Å². The molecule has 0 radical (unpaired) electrons. The van der Waals surface area contributed by atoms with Gasteiger partial charge in [-0.15, -0.1) is 0 Å². The van der Waals surface area contributed by atoms with E-state index in [1.165, 1.54) is 5.32 Å². The fourth-order valence-electron chi connectivity index (χ4n) is 5.05. The van der Waals surface area contributed by atoms with E-state index in [0.717, 1.165) is 32.1 Å². The third-order valence-electron chi connectivity index (χ3n) is 6.80. The number of carbonyl (C=O) groups excluding carboxylic acids is 2. The predicted octanol–water partition coefficient (Wildman–Crippen LogP) is 6.36. The Morgan fingerprint density at radius 2 is 1.59 bits per heavy atom. The van der Waals surface area contributed by atoms with E-state index in [4.69, 9.17) is 0 Å². The summed E-state index contributed by atoms with van der Waals surface area (Å²) in [7, 11) is 0. The Labute approximate surface area is 197 Å². The van der Waals surface area contributed by atoms with Crippen LogP contribution in [-0.2, 0) is 9.59 Å². The van der Waals surface area contributed by atoms with E-state index in [0.29, 0.717) is 12.8 Å². The molecule has 4 nitrogen and oxygen atoms in total. The molecule has 34 heavy (non-hydrogen) atoms. The summed E-state index contributed by atoms with van der Waals surface area (Å²) in [6.07, 6.45) is -7.11. The number of Topliss-reactive ketones (excluding diaryl/α,β-unsaturated/α-hetero) is 1. The molecule has 0 spiro atoms. The van der Waals surface area contributed by atoms with Crippen molar-refractivity contribution in [1.29, 1.82) is 0 Å². The van der Waals surface area contributed by atoms with Crippen LogP contribution in [-0.4, -0.2) is 36.1 Å². The molecular weight excluding hydrogens is 462 g/mol. The summed E-state index contributed by atoms with van der Waals surface area (Å²) in [4.78, 5) is 25.5. The molecular formula is C24H36F6N2O2. The van der Waals surface area contributed by atoms with Crippen LogP contribution in [0, 0.1) is 11.3 Å². The number of amides is 1. The fraction of sp³-hybridized carbons (Fsp3) is 0.833. The van der Waals surface area contributed by atoms with E-state index >= 15 is 0 Å². The van der Waals surface area contributed by atoms with E-state index < -0.39 is 59.1 Å². The quantitative estimate of drug-likeness (QED) is 0.287. The number of allylic oxidation sites excluding steroid dienone is 1. The summed E-state index contributed by atoms with van der Waals surface area (Å²) in [5.74, 6) is -2.50. The number of nitrogens with one attached hydrogen (secondary N) is 2. The van der Waals surface area contributed by atoms with Gasteiger partial charge < -0.3 is 10.6 Å². The highest BCUT2D eigenvalue weighted by molar-refractivity contribution is 6.01. The van der Waals surface area contributed by atoms with Gasteiger partial charge in [-0.3, -0.25) is 9.59 Å². The third kappa shape index (κ3) is 6.47. The van der Waals surface area contributed by atoms with Crippen LogP contribution in [0.5, 0.6) is 0 Å². The largest absolute Gasteiger partial charge is 0.425 e. The summed E-state index contributed by atoms with van der Waals surface area (Å²) < 4.78 is 86.3. The number of ketones is 1. The van der Waals surface area contributed by atoms with Gasteiger partial charge in [0.05, 0.1) is 5.57 Å². The van der Waals surface area contributed by atoms with Crippen LogP contribution in [0.2, 0.25) is 0 Å². The first-order valence-corrected chi connectivity index (χ1v) is 12.1. The van der Waals surface area contributed by atoms with E-state index in [1.807, 2.05) is 6.92 Å². The molecule has 0 aliphatic heterocycles. The minimum Gasteiger partial charge on any atom is -0.388 e. The smallest absolute Gasteiger partial charge is 0.388 e. The van der Waals surface area contributed by atoms with Gasteiger partial charge in [0.15, 0.2) is 5.78 Å². The van der Waals surface area contributed by atoms with Gasteiger partial charge in [0, 0.05) is 25.1 Å². The number of alkyl halides is 6. The molecule has 0 aromatic heterocycles. The van der Waals surface area contributed by atoms with Gasteiger partial charge in [-0.25, -0.2) is 0 Å². The summed E-state index contributed by atoms with van der Waals surface area (Å²) in [5.41, 5.74) is -7.39. The lowest BCUT2D eigenvalue weighted by Crippen LogP contribution is -2.70. The van der Waals surface area contributed by atoms with E-state index in [9.17, 15) is 35.9 Å². The number of carbonyl (C=O) groups is 2. The van der Waals surface area contributed by atoms with Crippen LogP contribution >= 0.6 is 0 Å². The Bertz CT molecular complexity index is 750. The molecule has 1 fully saturated rings. The molecule has 0 saturated heterocycles. The van der Waals surface area contributed by atoms with Gasteiger partial charge in [0.25, 0.3) is 5.54 Å². The zero-order valence-corrected chi connectivity index (χ0v) is 20.1. The molecule has 0 unspecified atom stereocenters. The molecule has 2 N–H and O–H groups in total. The summed E-state index contributed by atoms with van der Waals surface area (Å²) in [6, 6.07) is 0. The lowest BCUT2D eigenvalue weighted by molar-refractivity contribution is -0.292. The summed E-state index contributed by atoms with van der Waals surface area (Å²) >= 11 is 0. The lowest BCUT2D eigenvalue weighted by Gasteiger charge is -2.44. The van der Waals surface area contributed by atoms with Gasteiger partial charge in [0.2, 0.25) is 5.91 Å². The second kappa shape index (κ2) is 10.9. The van der Waals surface area contributed by atoms with Crippen molar-refractivity contribution >= 4 is 11.7 Å². The first kappa shape index (κ1) is 28.5. The standard InChI is InChI=1S/C24H36F6N2O2/c1-4-5-13-31-17-14-21(2,3)15-18(33)20(17)22(23(25,26)27,24(28,29)30)32-19(34)12-11-16-9-7-6-8-10-16/h16,31H,4-15H2,1-3H3,(H,32,34). The zero-order chi connectivity index (χ0) is 25.8. The van der Waals surface area contributed by atoms with Crippen molar-refractivity contribution in [2.45, 2.75) is 109 Å². The Morgan fingerprint density at radius 3 is 2.12 bits per heavy atom. The second-order valence-corrected chi connectivity index (χ2v) is 10.4. The highest BCUT2D eigenvalue weighted by Gasteiger charge is 2.75. The predicted molar refractivity (Wildman–Crippen MR) is 117 cm³/mol. The minimum absolute atomic E-state index is 0.105. The first-order valence-electron chi connectivity index (χ1n) is 12.1. The molecule has 0 heterocycles. The number of hydrogen-bond donors (Lipinski definition) is 2. The highest BCUT2D eigenvalue weighted by Crippen LogP contribution is 2.52. The Balaban J connectivity index is 2.52. The van der Waals surface area contributed by atoms with E-state index in [2.05, 4.69) is 5.32 Å². The van der Waals surface area contributed by atoms with Gasteiger partial charge in [-0.05, 0) is 30.6 Å². The van der Waals surface area contributed by atoms with Crippen molar-refractivity contribution in [2.75, 3.05) is 6.54 Å². The normalized spacial score (nSPS) is 20.4. The topological polar surface area (TPSA) is 58.2 Å². The van der Waals surface area contributed by atoms with Gasteiger partial charge in [0.1, 0.15) is 0 Å². The SMILES string of the molecule is CCCCNC1=C(C(NC(=O)CCC2CCCCC2)(C(F)(F)F)C(F)(F)F)C(=O)CC(C)(C)C1. The maximum Gasteiger partial charge on any atom is 0.425 e. The van der Waals surface area contributed by atoms with Crippen LogP contribution in [0.25, 0.3) is 0 Å². The van der Waals surface area contributed by atoms with Crippen LogP contribution in [0.1, 0.15) is 91.4 Å². The molecule has 196 valence electrons. The van der Waals surface area contributed by atoms with Crippen molar-refractivity contribution in [1.82, 2.24) is 10.6 Å². The molecule has 0 atom stereocenters. The molecule has 2 aliphatic rings. The van der Waals surface area contributed by atoms with Crippen LogP contribution in [0.15, 0.2) is 11.3 Å². The zero-order valence-electron chi connectivity index (χ0n) is 20.1. The van der Waals surface area contributed by atoms with Crippen LogP contribution in [0.3, 0.4) is 0 Å². The minimum atomic E-state index is -5.96. The van der Waals surface area contributed by atoms with E-state index in [-0.39, 0.29) is 25.3 Å². The maximum absolute atomic E-state index is 14.4. The average Bonchev–Trinajstić information content (AvgIpc) is 2.69. The number of hydrogen-bond acceptors (Lipinski definition) is 3. The maximum atomic E-state index is 14.4. The summed E-state index contributed by atoms with van der Waals surface area (Å²) in [6.45, 7) is 5.19. The average molecular weight is 499 g/mol. The lowest BCUT2D eigenvalue weighted by atomic mass is 9.70. The molecule has 2 rings (SSSR count). The fourth-order valence-corrected chi connectivity index (χ4v) is 5.05. The Hall–Kier alpha value is -1.74. The van der Waals surface area contributed by atoms with Crippen LogP contribution < -0.4 is 10.6 Å². The Kier molecular flexibility index (Phi) is 9.13. The molecule has 1 saturated carbocycles. The van der Waals surface area contributed by atoms with Crippen molar-refractivity contribution in [2.24, 2.45) is 11.3 Å². The number of halogens is 6. The number of unbranched alkanes of at least 4 members (excludes halogenated alkanes) is 1. The molecule has 0 aromatic carbocycles. The number of rotatable bonds is 9.